The van der Waals surface area contributed by atoms with Crippen molar-refractivity contribution in [1.29, 1.82) is 0 Å². The van der Waals surface area contributed by atoms with Crippen LogP contribution in [-0.2, 0) is 17.6 Å². The molecule has 1 aliphatic heterocycles. The molecule has 0 spiro atoms. The van der Waals surface area contributed by atoms with Gasteiger partial charge >= 0.3 is 6.18 Å². The standard InChI is InChI=1S/C23H18F4N2O3/c24-18-4-1-3-16(11-18)20-12-19(32-28-20)14-29(22(30)21-5-2-10-31-21)13-15-6-8-17(9-7-15)23(25,26)27/h1-11,19H,12-14H2. The number of carbonyl (C=O) groups is 1. The molecule has 1 aliphatic rings. The maximum absolute atomic E-state index is 13.5. The van der Waals surface area contributed by atoms with E-state index in [0.717, 1.165) is 12.1 Å². The predicted octanol–water partition coefficient (Wildman–Crippen LogP) is 5.27. The summed E-state index contributed by atoms with van der Waals surface area (Å²) in [5.41, 5.74) is 0.883. The summed E-state index contributed by atoms with van der Waals surface area (Å²) < 4.78 is 57.2. The molecule has 2 aromatic carbocycles. The number of alkyl halides is 3. The van der Waals surface area contributed by atoms with E-state index < -0.39 is 29.6 Å². The largest absolute Gasteiger partial charge is 0.459 e. The summed E-state index contributed by atoms with van der Waals surface area (Å²) in [6, 6.07) is 13.6. The Morgan fingerprint density at radius 3 is 2.53 bits per heavy atom. The van der Waals surface area contributed by atoms with E-state index in [2.05, 4.69) is 5.16 Å². The SMILES string of the molecule is O=C(c1ccco1)N(Cc1ccc(C(F)(F)F)cc1)CC1CC(c2cccc(F)c2)=NO1. The second-order valence-corrected chi connectivity index (χ2v) is 7.34. The van der Waals surface area contributed by atoms with Gasteiger partial charge in [-0.15, -0.1) is 0 Å². The number of hydrogen-bond donors (Lipinski definition) is 0. The molecule has 0 radical (unpaired) electrons. The molecule has 3 aromatic rings. The van der Waals surface area contributed by atoms with E-state index in [4.69, 9.17) is 9.25 Å². The predicted molar refractivity (Wildman–Crippen MR) is 107 cm³/mol. The number of hydrogen-bond acceptors (Lipinski definition) is 4. The number of amides is 1. The van der Waals surface area contributed by atoms with Gasteiger partial charge in [-0.05, 0) is 42.0 Å². The number of rotatable bonds is 6. The van der Waals surface area contributed by atoms with Crippen molar-refractivity contribution in [2.75, 3.05) is 6.54 Å². The van der Waals surface area contributed by atoms with Crippen LogP contribution in [0.3, 0.4) is 0 Å². The van der Waals surface area contributed by atoms with Crippen LogP contribution in [0, 0.1) is 5.82 Å². The van der Waals surface area contributed by atoms with Crippen LogP contribution < -0.4 is 0 Å². The minimum absolute atomic E-state index is 0.0484. The summed E-state index contributed by atoms with van der Waals surface area (Å²) in [6.07, 6.45) is -3.23. The highest BCUT2D eigenvalue weighted by Gasteiger charge is 2.31. The lowest BCUT2D eigenvalue weighted by atomic mass is 10.0. The monoisotopic (exact) mass is 446 g/mol. The second kappa shape index (κ2) is 8.86. The van der Waals surface area contributed by atoms with Crippen LogP contribution in [0.1, 0.15) is 33.7 Å². The normalized spacial score (nSPS) is 15.9. The van der Waals surface area contributed by atoms with Crippen LogP contribution in [0.2, 0.25) is 0 Å². The van der Waals surface area contributed by atoms with Crippen LogP contribution in [0.25, 0.3) is 0 Å². The molecule has 1 atom stereocenters. The van der Waals surface area contributed by atoms with Crippen molar-refractivity contribution in [3.63, 3.8) is 0 Å². The lowest BCUT2D eigenvalue weighted by Crippen LogP contribution is -2.37. The Balaban J connectivity index is 1.49. The fourth-order valence-corrected chi connectivity index (χ4v) is 3.41. The Morgan fingerprint density at radius 2 is 1.88 bits per heavy atom. The number of nitrogens with zero attached hydrogens (tertiary/aromatic N) is 2. The van der Waals surface area contributed by atoms with Gasteiger partial charge in [-0.2, -0.15) is 13.2 Å². The molecule has 166 valence electrons. The van der Waals surface area contributed by atoms with E-state index in [1.165, 1.54) is 41.5 Å². The van der Waals surface area contributed by atoms with Crippen LogP contribution in [0.5, 0.6) is 0 Å². The molecule has 0 fully saturated rings. The molecular formula is C23H18F4N2O3. The van der Waals surface area contributed by atoms with E-state index in [1.54, 1.807) is 18.2 Å². The van der Waals surface area contributed by atoms with Crippen LogP contribution >= 0.6 is 0 Å². The number of halogens is 4. The third-order valence-electron chi connectivity index (χ3n) is 4.99. The summed E-state index contributed by atoms with van der Waals surface area (Å²) in [6.45, 7) is 0.162. The highest BCUT2D eigenvalue weighted by molar-refractivity contribution is 6.01. The molecule has 1 amide bonds. The van der Waals surface area contributed by atoms with Gasteiger partial charge in [-0.3, -0.25) is 4.79 Å². The number of oxime groups is 1. The highest BCUT2D eigenvalue weighted by Crippen LogP contribution is 2.29. The summed E-state index contributed by atoms with van der Waals surface area (Å²) in [4.78, 5) is 19.8. The van der Waals surface area contributed by atoms with Crippen LogP contribution in [0.4, 0.5) is 17.6 Å². The summed E-state index contributed by atoms with van der Waals surface area (Å²) in [7, 11) is 0. The van der Waals surface area contributed by atoms with E-state index in [9.17, 15) is 22.4 Å². The molecule has 4 rings (SSSR count). The molecule has 0 saturated heterocycles. The molecule has 0 N–H and O–H groups in total. The quantitative estimate of drug-likeness (QED) is 0.485. The van der Waals surface area contributed by atoms with Crippen molar-refractivity contribution in [1.82, 2.24) is 4.90 Å². The fourth-order valence-electron chi connectivity index (χ4n) is 3.41. The molecule has 0 aliphatic carbocycles. The van der Waals surface area contributed by atoms with Gasteiger partial charge in [0.1, 0.15) is 5.82 Å². The first-order valence-electron chi connectivity index (χ1n) is 9.77. The van der Waals surface area contributed by atoms with Gasteiger partial charge < -0.3 is 14.2 Å². The number of carbonyl (C=O) groups excluding carboxylic acids is 1. The third-order valence-corrected chi connectivity index (χ3v) is 4.99. The van der Waals surface area contributed by atoms with Crippen molar-refractivity contribution < 1.29 is 31.6 Å². The van der Waals surface area contributed by atoms with Gasteiger partial charge in [0.05, 0.1) is 24.1 Å². The smallest absolute Gasteiger partial charge is 0.416 e. The van der Waals surface area contributed by atoms with Crippen molar-refractivity contribution in [3.8, 4) is 0 Å². The maximum Gasteiger partial charge on any atom is 0.416 e. The minimum atomic E-state index is -4.44. The first-order chi connectivity index (χ1) is 15.3. The molecule has 2 heterocycles. The Kier molecular flexibility index (Phi) is 5.98. The van der Waals surface area contributed by atoms with E-state index in [1.807, 2.05) is 0 Å². The van der Waals surface area contributed by atoms with Gasteiger partial charge in [-0.25, -0.2) is 4.39 Å². The van der Waals surface area contributed by atoms with E-state index >= 15 is 0 Å². The van der Waals surface area contributed by atoms with Crippen molar-refractivity contribution >= 4 is 11.6 Å². The average Bonchev–Trinajstić information content (AvgIpc) is 3.45. The first-order valence-corrected chi connectivity index (χ1v) is 9.77. The zero-order valence-electron chi connectivity index (χ0n) is 16.7. The molecule has 0 bridgehead atoms. The Labute approximate surface area is 180 Å². The van der Waals surface area contributed by atoms with Crippen LogP contribution in [-0.4, -0.2) is 29.2 Å². The molecule has 1 aromatic heterocycles. The zero-order valence-corrected chi connectivity index (χ0v) is 16.7. The summed E-state index contributed by atoms with van der Waals surface area (Å²) in [5.74, 6) is -0.732. The Hall–Kier alpha value is -3.62. The molecule has 32 heavy (non-hydrogen) atoms. The maximum atomic E-state index is 13.5. The average molecular weight is 446 g/mol. The molecule has 9 heteroatoms. The first kappa shape index (κ1) is 21.6. The van der Waals surface area contributed by atoms with E-state index in [-0.39, 0.29) is 18.8 Å². The number of benzene rings is 2. The lowest BCUT2D eigenvalue weighted by molar-refractivity contribution is -0.137. The van der Waals surface area contributed by atoms with E-state index in [0.29, 0.717) is 23.3 Å². The minimum Gasteiger partial charge on any atom is -0.459 e. The Bertz CT molecular complexity index is 1110. The topological polar surface area (TPSA) is 55.0 Å². The van der Waals surface area contributed by atoms with Gasteiger partial charge in [0.2, 0.25) is 0 Å². The third kappa shape index (κ3) is 4.99. The number of furan rings is 1. The highest BCUT2D eigenvalue weighted by atomic mass is 19.4. The van der Waals surface area contributed by atoms with Gasteiger partial charge in [0.15, 0.2) is 11.9 Å². The zero-order chi connectivity index (χ0) is 22.7. The van der Waals surface area contributed by atoms with Crippen molar-refractivity contribution in [2.45, 2.75) is 25.2 Å². The molecule has 5 nitrogen and oxygen atoms in total. The lowest BCUT2D eigenvalue weighted by Gasteiger charge is -2.24. The van der Waals surface area contributed by atoms with Crippen molar-refractivity contribution in [3.05, 3.63) is 95.2 Å². The molecular weight excluding hydrogens is 428 g/mol. The Morgan fingerprint density at radius 1 is 1.09 bits per heavy atom. The van der Waals surface area contributed by atoms with Crippen molar-refractivity contribution in [2.24, 2.45) is 5.16 Å². The summed E-state index contributed by atoms with van der Waals surface area (Å²) >= 11 is 0. The molecule has 0 saturated carbocycles. The summed E-state index contributed by atoms with van der Waals surface area (Å²) in [5, 5.41) is 4.01. The second-order valence-electron chi connectivity index (χ2n) is 7.34. The van der Waals surface area contributed by atoms with Crippen LogP contribution in [0.15, 0.2) is 76.5 Å². The van der Waals surface area contributed by atoms with Gasteiger partial charge in [0.25, 0.3) is 5.91 Å². The van der Waals surface area contributed by atoms with Gasteiger partial charge in [-0.1, -0.05) is 29.4 Å². The van der Waals surface area contributed by atoms with Gasteiger partial charge in [0, 0.05) is 18.5 Å². The fraction of sp³-hybridized carbons (Fsp3) is 0.217. The molecule has 1 unspecified atom stereocenters.